The quantitative estimate of drug-likeness (QED) is 0.743. The first-order valence-corrected chi connectivity index (χ1v) is 9.90. The summed E-state index contributed by atoms with van der Waals surface area (Å²) in [6.07, 6.45) is 5.85. The molecule has 0 fully saturated rings. The molecule has 0 atom stereocenters. The van der Waals surface area contributed by atoms with Crippen LogP contribution in [0.4, 0.5) is 10.1 Å². The van der Waals surface area contributed by atoms with Crippen molar-refractivity contribution in [2.45, 2.75) is 45.6 Å². The largest absolute Gasteiger partial charge is 0.326 e. The first kappa shape index (κ1) is 17.9. The molecule has 0 saturated heterocycles. The van der Waals surface area contributed by atoms with Gasteiger partial charge in [0.05, 0.1) is 11.7 Å². The predicted octanol–water partition coefficient (Wildman–Crippen LogP) is 3.81. The van der Waals surface area contributed by atoms with E-state index in [4.69, 9.17) is 0 Å². The van der Waals surface area contributed by atoms with Gasteiger partial charge in [0.2, 0.25) is 5.91 Å². The second-order valence-electron chi connectivity index (χ2n) is 6.90. The van der Waals surface area contributed by atoms with Crippen molar-refractivity contribution >= 4 is 33.1 Å². The second kappa shape index (κ2) is 7.23. The number of hydrogen-bond donors (Lipinski definition) is 1. The SMILES string of the molecule is Cc1ccc(NC(=O)CCn2cnc3sc4c(c3c2=O)CCCC4)cc1F. The third-order valence-corrected chi connectivity index (χ3v) is 6.18. The van der Waals surface area contributed by atoms with Crippen LogP contribution in [0.1, 0.15) is 35.3 Å². The first-order chi connectivity index (χ1) is 13.0. The zero-order valence-electron chi connectivity index (χ0n) is 15.0. The number of fused-ring (bicyclic) bond motifs is 3. The minimum atomic E-state index is -0.360. The van der Waals surface area contributed by atoms with E-state index in [0.29, 0.717) is 11.3 Å². The molecule has 5 nitrogen and oxygen atoms in total. The maximum atomic E-state index is 13.6. The van der Waals surface area contributed by atoms with Crippen LogP contribution in [0.5, 0.6) is 0 Å². The first-order valence-electron chi connectivity index (χ1n) is 9.08. The molecule has 7 heteroatoms. The van der Waals surface area contributed by atoms with Crippen LogP contribution in [0.2, 0.25) is 0 Å². The van der Waals surface area contributed by atoms with Gasteiger partial charge in [-0.05, 0) is 55.9 Å². The maximum Gasteiger partial charge on any atom is 0.262 e. The molecule has 2 aromatic heterocycles. The van der Waals surface area contributed by atoms with Crippen LogP contribution < -0.4 is 10.9 Å². The number of carbonyl (C=O) groups excluding carboxylic acids is 1. The van der Waals surface area contributed by atoms with Gasteiger partial charge in [0, 0.05) is 23.5 Å². The van der Waals surface area contributed by atoms with E-state index in [9.17, 15) is 14.0 Å². The Labute approximate surface area is 159 Å². The molecular formula is C20H20FN3O2S. The average molecular weight is 385 g/mol. The van der Waals surface area contributed by atoms with E-state index < -0.39 is 0 Å². The second-order valence-corrected chi connectivity index (χ2v) is 7.98. The summed E-state index contributed by atoms with van der Waals surface area (Å²) in [6.45, 7) is 1.91. The highest BCUT2D eigenvalue weighted by molar-refractivity contribution is 7.18. The molecule has 1 aliphatic rings. The zero-order chi connectivity index (χ0) is 19.0. The molecule has 4 rings (SSSR count). The molecule has 140 valence electrons. The van der Waals surface area contributed by atoms with Gasteiger partial charge in [-0.1, -0.05) is 6.07 Å². The zero-order valence-corrected chi connectivity index (χ0v) is 15.9. The summed E-state index contributed by atoms with van der Waals surface area (Å²) in [5.41, 5.74) is 2.01. The van der Waals surface area contributed by atoms with Crippen LogP contribution in [-0.4, -0.2) is 15.5 Å². The van der Waals surface area contributed by atoms with E-state index in [1.54, 1.807) is 30.4 Å². The molecule has 0 spiro atoms. The topological polar surface area (TPSA) is 64.0 Å². The van der Waals surface area contributed by atoms with E-state index in [2.05, 4.69) is 10.3 Å². The number of carbonyl (C=O) groups is 1. The maximum absolute atomic E-state index is 13.6. The molecule has 1 N–H and O–H groups in total. The molecule has 1 amide bonds. The van der Waals surface area contributed by atoms with Crippen molar-refractivity contribution in [1.29, 1.82) is 0 Å². The molecule has 1 aromatic carbocycles. The van der Waals surface area contributed by atoms with Gasteiger partial charge >= 0.3 is 0 Å². The molecule has 0 aliphatic heterocycles. The van der Waals surface area contributed by atoms with E-state index >= 15 is 0 Å². The molecule has 0 unspecified atom stereocenters. The van der Waals surface area contributed by atoms with E-state index in [0.717, 1.165) is 41.5 Å². The van der Waals surface area contributed by atoms with Gasteiger partial charge in [-0.3, -0.25) is 14.2 Å². The standard InChI is InChI=1S/C20H20FN3O2S/c1-12-6-7-13(10-15(12)21)23-17(25)8-9-24-11-22-19-18(20(24)26)14-4-2-3-5-16(14)27-19/h6-7,10-11H,2-5,8-9H2,1H3,(H,23,25). The van der Waals surface area contributed by atoms with Crippen LogP contribution in [0.15, 0.2) is 29.3 Å². The van der Waals surface area contributed by atoms with Gasteiger partial charge in [-0.25, -0.2) is 9.37 Å². The van der Waals surface area contributed by atoms with Crippen molar-refractivity contribution in [3.8, 4) is 0 Å². The molecule has 0 saturated carbocycles. The van der Waals surface area contributed by atoms with Crippen LogP contribution in [-0.2, 0) is 24.2 Å². The Bertz CT molecular complexity index is 1090. The number of halogens is 1. The van der Waals surface area contributed by atoms with Crippen molar-refractivity contribution in [3.05, 3.63) is 56.7 Å². The number of aromatic nitrogens is 2. The summed E-state index contributed by atoms with van der Waals surface area (Å²) < 4.78 is 15.1. The highest BCUT2D eigenvalue weighted by Crippen LogP contribution is 2.33. The van der Waals surface area contributed by atoms with Crippen molar-refractivity contribution < 1.29 is 9.18 Å². The number of thiophene rings is 1. The molecular weight excluding hydrogens is 365 g/mol. The van der Waals surface area contributed by atoms with E-state index in [-0.39, 0.29) is 30.2 Å². The third kappa shape index (κ3) is 3.51. The monoisotopic (exact) mass is 385 g/mol. The Balaban J connectivity index is 1.50. The van der Waals surface area contributed by atoms with E-state index in [1.165, 1.54) is 21.8 Å². The predicted molar refractivity (Wildman–Crippen MR) is 105 cm³/mol. The molecule has 0 radical (unpaired) electrons. The third-order valence-electron chi connectivity index (χ3n) is 4.98. The van der Waals surface area contributed by atoms with Crippen LogP contribution in [0.25, 0.3) is 10.2 Å². The number of nitrogens with zero attached hydrogens (tertiary/aromatic N) is 2. The van der Waals surface area contributed by atoms with Crippen LogP contribution in [0, 0.1) is 12.7 Å². The van der Waals surface area contributed by atoms with Gasteiger partial charge in [0.25, 0.3) is 5.56 Å². The lowest BCUT2D eigenvalue weighted by molar-refractivity contribution is -0.116. The summed E-state index contributed by atoms with van der Waals surface area (Å²) in [4.78, 5) is 31.5. The number of nitrogens with one attached hydrogen (secondary N) is 1. The van der Waals surface area contributed by atoms with Gasteiger partial charge in [0.15, 0.2) is 0 Å². The summed E-state index contributed by atoms with van der Waals surface area (Å²) in [5.74, 6) is -0.626. The van der Waals surface area contributed by atoms with Crippen LogP contribution in [0.3, 0.4) is 0 Å². The van der Waals surface area contributed by atoms with Crippen molar-refractivity contribution in [3.63, 3.8) is 0 Å². The Hall–Kier alpha value is -2.54. The fourth-order valence-corrected chi connectivity index (χ4v) is 4.68. The summed E-state index contributed by atoms with van der Waals surface area (Å²) in [5, 5.41) is 3.39. The van der Waals surface area contributed by atoms with Crippen molar-refractivity contribution in [1.82, 2.24) is 9.55 Å². The summed E-state index contributed by atoms with van der Waals surface area (Å²) in [6, 6.07) is 4.57. The number of rotatable bonds is 4. The summed E-state index contributed by atoms with van der Waals surface area (Å²) >= 11 is 1.61. The Morgan fingerprint density at radius 1 is 1.33 bits per heavy atom. The highest BCUT2D eigenvalue weighted by atomic mass is 32.1. The Morgan fingerprint density at radius 2 is 2.15 bits per heavy atom. The molecule has 1 aliphatic carbocycles. The normalized spacial score (nSPS) is 13.6. The lowest BCUT2D eigenvalue weighted by atomic mass is 9.97. The number of hydrogen-bond acceptors (Lipinski definition) is 4. The van der Waals surface area contributed by atoms with Gasteiger partial charge in [0.1, 0.15) is 10.6 Å². The number of aryl methyl sites for hydroxylation is 4. The molecule has 3 aromatic rings. The van der Waals surface area contributed by atoms with E-state index in [1.807, 2.05) is 0 Å². The lowest BCUT2D eigenvalue weighted by Crippen LogP contribution is -2.24. The number of benzene rings is 1. The molecule has 27 heavy (non-hydrogen) atoms. The molecule has 2 heterocycles. The minimum Gasteiger partial charge on any atom is -0.326 e. The lowest BCUT2D eigenvalue weighted by Gasteiger charge is -2.10. The number of amides is 1. The Kier molecular flexibility index (Phi) is 4.78. The fraction of sp³-hybridized carbons (Fsp3) is 0.350. The molecule has 0 bridgehead atoms. The average Bonchev–Trinajstić information content (AvgIpc) is 3.03. The minimum absolute atomic E-state index is 0.0754. The number of anilines is 1. The fourth-order valence-electron chi connectivity index (χ4n) is 3.46. The summed E-state index contributed by atoms with van der Waals surface area (Å²) in [7, 11) is 0. The van der Waals surface area contributed by atoms with Crippen LogP contribution >= 0.6 is 11.3 Å². The van der Waals surface area contributed by atoms with Crippen molar-refractivity contribution in [2.24, 2.45) is 0 Å². The Morgan fingerprint density at radius 3 is 2.96 bits per heavy atom. The van der Waals surface area contributed by atoms with Gasteiger partial charge in [-0.15, -0.1) is 11.3 Å². The van der Waals surface area contributed by atoms with Gasteiger partial charge < -0.3 is 5.32 Å². The van der Waals surface area contributed by atoms with Gasteiger partial charge in [-0.2, -0.15) is 0 Å². The highest BCUT2D eigenvalue weighted by Gasteiger charge is 2.20. The van der Waals surface area contributed by atoms with Crippen molar-refractivity contribution in [2.75, 3.05) is 5.32 Å². The smallest absolute Gasteiger partial charge is 0.262 e.